The molecule has 6 heteroatoms. The molecule has 0 radical (unpaired) electrons. The molecule has 0 spiro atoms. The lowest BCUT2D eigenvalue weighted by Gasteiger charge is -1.98. The van der Waals surface area contributed by atoms with E-state index in [1.807, 2.05) is 24.4 Å². The Kier molecular flexibility index (Phi) is 2.18. The number of aromatic amines is 2. The summed E-state index contributed by atoms with van der Waals surface area (Å²) in [6.45, 7) is 0.672. The van der Waals surface area contributed by atoms with Crippen molar-refractivity contribution >= 4 is 22.7 Å². The molecule has 0 bridgehead atoms. The normalized spacial score (nSPS) is 10.8. The summed E-state index contributed by atoms with van der Waals surface area (Å²) < 4.78 is 0. The van der Waals surface area contributed by atoms with Crippen LogP contribution in [-0.2, 0) is 6.54 Å². The van der Waals surface area contributed by atoms with Gasteiger partial charge in [0.1, 0.15) is 0 Å². The van der Waals surface area contributed by atoms with E-state index in [1.165, 1.54) is 0 Å². The average molecular weight is 228 g/mol. The molecule has 6 nitrogen and oxygen atoms in total. The monoisotopic (exact) mass is 228 g/mol. The number of fused-ring (bicyclic) bond motifs is 1. The second-order valence-corrected chi connectivity index (χ2v) is 3.82. The van der Waals surface area contributed by atoms with Crippen molar-refractivity contribution in [3.63, 3.8) is 0 Å². The average Bonchev–Trinajstić information content (AvgIpc) is 2.94. The first-order valence-corrected chi connectivity index (χ1v) is 5.28. The summed E-state index contributed by atoms with van der Waals surface area (Å²) >= 11 is 0. The van der Waals surface area contributed by atoms with Crippen molar-refractivity contribution in [2.75, 3.05) is 11.1 Å². The molecule has 1 aromatic carbocycles. The van der Waals surface area contributed by atoms with E-state index >= 15 is 0 Å². The fraction of sp³-hybridized carbons (Fsp3) is 0.0909. The first-order chi connectivity index (χ1) is 8.31. The zero-order chi connectivity index (χ0) is 11.7. The Balaban J connectivity index is 1.81. The van der Waals surface area contributed by atoms with Gasteiger partial charge in [0.15, 0.2) is 0 Å². The van der Waals surface area contributed by atoms with Crippen molar-refractivity contribution in [1.29, 1.82) is 0 Å². The summed E-state index contributed by atoms with van der Waals surface area (Å²) in [6.07, 6.45) is 3.61. The Morgan fingerprint density at radius 3 is 3.12 bits per heavy atom. The van der Waals surface area contributed by atoms with Crippen LogP contribution < -0.4 is 11.1 Å². The summed E-state index contributed by atoms with van der Waals surface area (Å²) in [4.78, 5) is 7.57. The number of nitrogen functional groups attached to an aromatic ring is 1. The topological polar surface area (TPSA) is 95.4 Å². The zero-order valence-corrected chi connectivity index (χ0v) is 9.07. The van der Waals surface area contributed by atoms with Crippen LogP contribution in [0, 0.1) is 0 Å². The van der Waals surface area contributed by atoms with Gasteiger partial charge in [-0.3, -0.25) is 5.10 Å². The van der Waals surface area contributed by atoms with E-state index in [-0.39, 0.29) is 0 Å². The Hall–Kier alpha value is -2.50. The molecule has 2 heterocycles. The van der Waals surface area contributed by atoms with Gasteiger partial charge in [-0.2, -0.15) is 5.10 Å². The van der Waals surface area contributed by atoms with E-state index in [1.54, 1.807) is 6.20 Å². The molecule has 0 unspecified atom stereocenters. The number of nitrogens with two attached hydrogens (primary N) is 1. The van der Waals surface area contributed by atoms with E-state index in [4.69, 9.17) is 5.73 Å². The van der Waals surface area contributed by atoms with Crippen LogP contribution >= 0.6 is 0 Å². The van der Waals surface area contributed by atoms with E-state index in [0.717, 1.165) is 28.2 Å². The third kappa shape index (κ3) is 1.92. The lowest BCUT2D eigenvalue weighted by atomic mass is 10.3. The molecule has 0 atom stereocenters. The highest BCUT2D eigenvalue weighted by molar-refractivity contribution is 5.80. The molecule has 0 saturated heterocycles. The van der Waals surface area contributed by atoms with Crippen molar-refractivity contribution in [2.24, 2.45) is 0 Å². The number of anilines is 2. The minimum atomic E-state index is 0.672. The van der Waals surface area contributed by atoms with Crippen LogP contribution in [0.4, 0.5) is 11.6 Å². The van der Waals surface area contributed by atoms with Crippen LogP contribution in [0.3, 0.4) is 0 Å². The predicted molar refractivity (Wildman–Crippen MR) is 66.4 cm³/mol. The van der Waals surface area contributed by atoms with Gasteiger partial charge in [0.2, 0.25) is 5.95 Å². The fourth-order valence-corrected chi connectivity index (χ4v) is 1.67. The van der Waals surface area contributed by atoms with Crippen molar-refractivity contribution < 1.29 is 0 Å². The van der Waals surface area contributed by atoms with Gasteiger partial charge >= 0.3 is 0 Å². The van der Waals surface area contributed by atoms with Crippen LogP contribution in [0.1, 0.15) is 5.56 Å². The summed E-state index contributed by atoms with van der Waals surface area (Å²) in [6, 6.07) is 5.60. The van der Waals surface area contributed by atoms with Gasteiger partial charge in [0.25, 0.3) is 0 Å². The highest BCUT2D eigenvalue weighted by Gasteiger charge is 2.02. The van der Waals surface area contributed by atoms with Gasteiger partial charge in [-0.05, 0) is 18.2 Å². The standard InChI is InChI=1S/C11H12N6/c12-8-1-2-9-10(3-8)17-11(16-9)13-4-7-5-14-15-6-7/h1-3,5-6H,4,12H2,(H,14,15)(H2,13,16,17). The number of H-pyrrole nitrogens is 2. The number of imidazole rings is 1. The molecule has 3 aromatic rings. The van der Waals surface area contributed by atoms with Gasteiger partial charge in [0, 0.05) is 24.0 Å². The number of rotatable bonds is 3. The maximum absolute atomic E-state index is 5.70. The third-order valence-corrected chi connectivity index (χ3v) is 2.52. The van der Waals surface area contributed by atoms with Crippen molar-refractivity contribution in [3.8, 4) is 0 Å². The van der Waals surface area contributed by atoms with Crippen molar-refractivity contribution in [1.82, 2.24) is 20.2 Å². The molecular formula is C11H12N6. The third-order valence-electron chi connectivity index (χ3n) is 2.52. The fourth-order valence-electron chi connectivity index (χ4n) is 1.67. The van der Waals surface area contributed by atoms with Crippen LogP contribution in [0.15, 0.2) is 30.6 Å². The SMILES string of the molecule is Nc1ccc2nc(NCc3cn[nH]c3)[nH]c2c1. The van der Waals surface area contributed by atoms with Crippen LogP contribution in [-0.4, -0.2) is 20.2 Å². The number of benzene rings is 1. The minimum absolute atomic E-state index is 0.672. The molecule has 0 saturated carbocycles. The van der Waals surface area contributed by atoms with Gasteiger partial charge < -0.3 is 16.0 Å². The molecule has 17 heavy (non-hydrogen) atoms. The summed E-state index contributed by atoms with van der Waals surface area (Å²) in [7, 11) is 0. The highest BCUT2D eigenvalue weighted by Crippen LogP contribution is 2.17. The molecule has 86 valence electrons. The van der Waals surface area contributed by atoms with Gasteiger partial charge in [-0.15, -0.1) is 0 Å². The molecule has 0 amide bonds. The summed E-state index contributed by atoms with van der Waals surface area (Å²) in [5.74, 6) is 0.729. The Bertz CT molecular complexity index is 625. The molecule has 0 aliphatic heterocycles. The Labute approximate surface area is 97.3 Å². The van der Waals surface area contributed by atoms with E-state index in [0.29, 0.717) is 6.54 Å². The van der Waals surface area contributed by atoms with E-state index in [9.17, 15) is 0 Å². The second-order valence-electron chi connectivity index (χ2n) is 3.82. The number of nitrogens with zero attached hydrogens (tertiary/aromatic N) is 2. The lowest BCUT2D eigenvalue weighted by Crippen LogP contribution is -1.99. The van der Waals surface area contributed by atoms with Gasteiger partial charge in [0.05, 0.1) is 17.2 Å². The summed E-state index contributed by atoms with van der Waals surface area (Å²) in [5, 5.41) is 9.83. The maximum atomic E-state index is 5.70. The molecule has 3 rings (SSSR count). The number of aromatic nitrogens is 4. The zero-order valence-electron chi connectivity index (χ0n) is 9.07. The Morgan fingerprint density at radius 2 is 2.29 bits per heavy atom. The van der Waals surface area contributed by atoms with Crippen molar-refractivity contribution in [3.05, 3.63) is 36.2 Å². The van der Waals surface area contributed by atoms with Crippen LogP contribution in [0.2, 0.25) is 0 Å². The number of hydrogen-bond acceptors (Lipinski definition) is 4. The summed E-state index contributed by atoms with van der Waals surface area (Å²) in [5.41, 5.74) is 9.33. The molecule has 2 aromatic heterocycles. The molecular weight excluding hydrogens is 216 g/mol. The first kappa shape index (κ1) is 9.71. The maximum Gasteiger partial charge on any atom is 0.201 e. The number of hydrogen-bond donors (Lipinski definition) is 4. The molecule has 0 aliphatic carbocycles. The van der Waals surface area contributed by atoms with Crippen LogP contribution in [0.5, 0.6) is 0 Å². The first-order valence-electron chi connectivity index (χ1n) is 5.28. The van der Waals surface area contributed by atoms with Crippen LogP contribution in [0.25, 0.3) is 11.0 Å². The molecule has 5 N–H and O–H groups in total. The molecule has 0 fully saturated rings. The Morgan fingerprint density at radius 1 is 1.35 bits per heavy atom. The predicted octanol–water partition coefficient (Wildman–Crippen LogP) is 1.48. The quantitative estimate of drug-likeness (QED) is 0.510. The highest BCUT2D eigenvalue weighted by atomic mass is 15.1. The largest absolute Gasteiger partial charge is 0.399 e. The smallest absolute Gasteiger partial charge is 0.201 e. The molecule has 0 aliphatic rings. The lowest BCUT2D eigenvalue weighted by molar-refractivity contribution is 1.09. The van der Waals surface area contributed by atoms with Gasteiger partial charge in [-0.1, -0.05) is 0 Å². The van der Waals surface area contributed by atoms with E-state index < -0.39 is 0 Å². The van der Waals surface area contributed by atoms with Gasteiger partial charge in [-0.25, -0.2) is 4.98 Å². The van der Waals surface area contributed by atoms with Crippen molar-refractivity contribution in [2.45, 2.75) is 6.54 Å². The minimum Gasteiger partial charge on any atom is -0.399 e. The number of nitrogens with one attached hydrogen (secondary N) is 3. The second kappa shape index (κ2) is 3.82. The van der Waals surface area contributed by atoms with E-state index in [2.05, 4.69) is 25.5 Å².